The first kappa shape index (κ1) is 22.1. The molecule has 2 aromatic heterocycles. The van der Waals surface area contributed by atoms with Crippen LogP contribution in [0.4, 0.5) is 5.69 Å². The van der Waals surface area contributed by atoms with Gasteiger partial charge in [0.2, 0.25) is 10.0 Å². The monoisotopic (exact) mass is 459 g/mol. The molecule has 1 aliphatic rings. The van der Waals surface area contributed by atoms with Crippen molar-refractivity contribution in [3.8, 4) is 5.75 Å². The Kier molecular flexibility index (Phi) is 6.04. The van der Waals surface area contributed by atoms with Crippen LogP contribution in [0.3, 0.4) is 0 Å². The smallest absolute Gasteiger partial charge is 0.257 e. The van der Waals surface area contributed by atoms with Crippen LogP contribution < -0.4 is 4.72 Å². The van der Waals surface area contributed by atoms with Gasteiger partial charge in [0.1, 0.15) is 11.4 Å². The summed E-state index contributed by atoms with van der Waals surface area (Å²) in [6.07, 6.45) is 5.41. The fourth-order valence-electron chi connectivity index (χ4n) is 3.81. The molecule has 1 aliphatic heterocycles. The van der Waals surface area contributed by atoms with E-state index in [4.69, 9.17) is 0 Å². The number of sulfonamides is 1. The van der Waals surface area contributed by atoms with Crippen molar-refractivity contribution in [2.75, 3.05) is 43.7 Å². The number of fused-ring (bicyclic) bond motifs is 1. The van der Waals surface area contributed by atoms with Crippen molar-refractivity contribution < 1.29 is 23.4 Å². The standard InChI is InChI=1S/C21H25N5O5S/c1-32(30,31)23-17-13-15(4-5-18(17)27)19(28)14-24-9-11-26(12-10-24)21(29)16-3-2-7-25-8-6-22-20(16)25/h2-8,13,19,23,27-28H,9-12,14H2,1H3. The molecule has 0 aliphatic carbocycles. The molecule has 3 N–H and O–H groups in total. The maximum Gasteiger partial charge on any atom is 0.257 e. The molecule has 0 bridgehead atoms. The van der Waals surface area contributed by atoms with E-state index in [0.29, 0.717) is 49.5 Å². The van der Waals surface area contributed by atoms with Crippen LogP contribution in [0, 0.1) is 0 Å². The van der Waals surface area contributed by atoms with E-state index in [1.165, 1.54) is 12.1 Å². The number of aromatic hydroxyl groups is 1. The number of hydrogen-bond acceptors (Lipinski definition) is 7. The Morgan fingerprint density at radius 1 is 1.19 bits per heavy atom. The lowest BCUT2D eigenvalue weighted by Gasteiger charge is -2.35. The van der Waals surface area contributed by atoms with Gasteiger partial charge in [0, 0.05) is 51.3 Å². The lowest BCUT2D eigenvalue weighted by Crippen LogP contribution is -2.49. The van der Waals surface area contributed by atoms with Crippen molar-refractivity contribution in [1.82, 2.24) is 19.2 Å². The average Bonchev–Trinajstić information content (AvgIpc) is 3.23. The SMILES string of the molecule is CS(=O)(=O)Nc1cc(C(O)CN2CCN(C(=O)c3cccn4ccnc34)CC2)ccc1O. The largest absolute Gasteiger partial charge is 0.506 e. The summed E-state index contributed by atoms with van der Waals surface area (Å²) in [6.45, 7) is 2.54. The molecule has 0 saturated carbocycles. The molecule has 1 fully saturated rings. The molecule has 1 saturated heterocycles. The van der Waals surface area contributed by atoms with Gasteiger partial charge >= 0.3 is 0 Å². The molecule has 0 radical (unpaired) electrons. The Bertz CT molecular complexity index is 1230. The van der Waals surface area contributed by atoms with Gasteiger partial charge in [-0.2, -0.15) is 0 Å². The minimum absolute atomic E-state index is 0.0210. The number of pyridine rings is 1. The van der Waals surface area contributed by atoms with Crippen LogP contribution >= 0.6 is 0 Å². The molecule has 3 heterocycles. The summed E-state index contributed by atoms with van der Waals surface area (Å²) in [7, 11) is -3.56. The van der Waals surface area contributed by atoms with Crippen LogP contribution in [0.15, 0.2) is 48.9 Å². The molecular weight excluding hydrogens is 434 g/mol. The van der Waals surface area contributed by atoms with Crippen molar-refractivity contribution in [3.63, 3.8) is 0 Å². The Morgan fingerprint density at radius 3 is 2.66 bits per heavy atom. The van der Waals surface area contributed by atoms with Gasteiger partial charge in [0.25, 0.3) is 5.91 Å². The zero-order valence-corrected chi connectivity index (χ0v) is 18.4. The number of nitrogens with one attached hydrogen (secondary N) is 1. The van der Waals surface area contributed by atoms with Gasteiger partial charge < -0.3 is 19.5 Å². The van der Waals surface area contributed by atoms with Gasteiger partial charge in [-0.3, -0.25) is 14.4 Å². The number of imidazole rings is 1. The molecule has 170 valence electrons. The zero-order chi connectivity index (χ0) is 22.9. The average molecular weight is 460 g/mol. The van der Waals surface area contributed by atoms with E-state index in [1.807, 2.05) is 21.6 Å². The first-order valence-corrected chi connectivity index (χ1v) is 12.0. The van der Waals surface area contributed by atoms with Crippen LogP contribution in [-0.2, 0) is 10.0 Å². The summed E-state index contributed by atoms with van der Waals surface area (Å²) in [5, 5.41) is 20.5. The molecule has 1 amide bonds. The number of phenolic OH excluding ortho intramolecular Hbond substituents is 1. The van der Waals surface area contributed by atoms with Crippen LogP contribution in [0.5, 0.6) is 5.75 Å². The number of anilines is 1. The number of nitrogens with zero attached hydrogens (tertiary/aromatic N) is 4. The summed E-state index contributed by atoms with van der Waals surface area (Å²) in [5.74, 6) is -0.289. The van der Waals surface area contributed by atoms with Crippen LogP contribution in [0.1, 0.15) is 22.0 Å². The minimum Gasteiger partial charge on any atom is -0.506 e. The zero-order valence-electron chi connectivity index (χ0n) is 17.5. The van der Waals surface area contributed by atoms with Gasteiger partial charge in [-0.25, -0.2) is 13.4 Å². The summed E-state index contributed by atoms with van der Waals surface area (Å²) < 4.78 is 27.0. The lowest BCUT2D eigenvalue weighted by molar-refractivity contribution is 0.0528. The molecule has 1 aromatic carbocycles. The molecule has 10 nitrogen and oxygen atoms in total. The Balaban J connectivity index is 1.37. The highest BCUT2D eigenvalue weighted by molar-refractivity contribution is 7.92. The minimum atomic E-state index is -3.56. The number of rotatable bonds is 6. The van der Waals surface area contributed by atoms with Gasteiger partial charge in [-0.15, -0.1) is 0 Å². The molecule has 1 atom stereocenters. The number of carbonyl (C=O) groups is 1. The Morgan fingerprint density at radius 2 is 1.94 bits per heavy atom. The van der Waals surface area contributed by atoms with Gasteiger partial charge in [-0.1, -0.05) is 6.07 Å². The summed E-state index contributed by atoms with van der Waals surface area (Å²) >= 11 is 0. The van der Waals surface area contributed by atoms with E-state index in [2.05, 4.69) is 9.71 Å². The van der Waals surface area contributed by atoms with Crippen LogP contribution in [0.2, 0.25) is 0 Å². The summed E-state index contributed by atoms with van der Waals surface area (Å²) in [4.78, 5) is 21.1. The highest BCUT2D eigenvalue weighted by atomic mass is 32.2. The molecule has 0 spiro atoms. The molecule has 3 aromatic rings. The van der Waals surface area contributed by atoms with Crippen molar-refractivity contribution in [3.05, 3.63) is 60.0 Å². The normalized spacial score (nSPS) is 16.2. The number of amides is 1. The van der Waals surface area contributed by atoms with Crippen molar-refractivity contribution >= 4 is 27.3 Å². The number of phenols is 1. The Hall–Kier alpha value is -3.15. The Labute approximate surface area is 185 Å². The number of aliphatic hydroxyl groups is 1. The lowest BCUT2D eigenvalue weighted by atomic mass is 10.1. The van der Waals surface area contributed by atoms with Crippen molar-refractivity contribution in [2.24, 2.45) is 0 Å². The van der Waals surface area contributed by atoms with Crippen molar-refractivity contribution in [2.45, 2.75) is 6.10 Å². The number of aromatic nitrogens is 2. The second-order valence-corrected chi connectivity index (χ2v) is 9.59. The van der Waals surface area contributed by atoms with Gasteiger partial charge in [0.15, 0.2) is 0 Å². The molecule has 32 heavy (non-hydrogen) atoms. The fraction of sp³-hybridized carbons (Fsp3) is 0.333. The van der Waals surface area contributed by atoms with Crippen LogP contribution in [-0.4, -0.2) is 82.7 Å². The maximum atomic E-state index is 13.0. The number of piperazine rings is 1. The van der Waals surface area contributed by atoms with Crippen LogP contribution in [0.25, 0.3) is 5.65 Å². The van der Waals surface area contributed by atoms with E-state index in [-0.39, 0.29) is 17.3 Å². The summed E-state index contributed by atoms with van der Waals surface area (Å²) in [5.41, 5.74) is 1.69. The third-order valence-corrected chi connectivity index (χ3v) is 6.03. The van der Waals surface area contributed by atoms with Crippen molar-refractivity contribution in [1.29, 1.82) is 0 Å². The van der Waals surface area contributed by atoms with E-state index in [1.54, 1.807) is 29.4 Å². The fourth-order valence-corrected chi connectivity index (χ4v) is 4.37. The highest BCUT2D eigenvalue weighted by Crippen LogP contribution is 2.28. The van der Waals surface area contributed by atoms with E-state index in [0.717, 1.165) is 6.26 Å². The third-order valence-electron chi connectivity index (χ3n) is 5.44. The second kappa shape index (κ2) is 8.77. The highest BCUT2D eigenvalue weighted by Gasteiger charge is 2.25. The predicted molar refractivity (Wildman–Crippen MR) is 119 cm³/mol. The number of aliphatic hydroxyl groups excluding tert-OH is 1. The third kappa shape index (κ3) is 4.85. The summed E-state index contributed by atoms with van der Waals surface area (Å²) in [6, 6.07) is 7.91. The van der Waals surface area contributed by atoms with Gasteiger partial charge in [0.05, 0.1) is 23.6 Å². The van der Waals surface area contributed by atoms with E-state index in [9.17, 15) is 23.4 Å². The molecule has 4 rings (SSSR count). The first-order chi connectivity index (χ1) is 15.2. The number of β-amino-alcohol motifs (C(OH)–C–C–N with tert-alkyl or cyclic N) is 1. The molecule has 1 unspecified atom stereocenters. The van der Waals surface area contributed by atoms with Gasteiger partial charge in [-0.05, 0) is 29.8 Å². The first-order valence-electron chi connectivity index (χ1n) is 10.1. The number of benzene rings is 1. The number of hydrogen-bond donors (Lipinski definition) is 3. The quantitative estimate of drug-likeness (QED) is 0.468. The number of carbonyl (C=O) groups excluding carboxylic acids is 1. The topological polar surface area (TPSA) is 127 Å². The molecule has 11 heteroatoms. The predicted octanol–water partition coefficient (Wildman–Crippen LogP) is 0.903. The molecular formula is C21H25N5O5S. The maximum absolute atomic E-state index is 13.0. The van der Waals surface area contributed by atoms with E-state index >= 15 is 0 Å². The van der Waals surface area contributed by atoms with E-state index < -0.39 is 16.1 Å². The second-order valence-electron chi connectivity index (χ2n) is 7.84.